The van der Waals surface area contributed by atoms with Crippen molar-refractivity contribution in [1.29, 1.82) is 0 Å². The fraction of sp³-hybridized carbons (Fsp3) is 0.579. The number of rotatable bonds is 6. The van der Waals surface area contributed by atoms with Crippen molar-refractivity contribution in [1.82, 2.24) is 5.32 Å². The first kappa shape index (κ1) is 19.8. The molecule has 2 N–H and O–H groups in total. The van der Waals surface area contributed by atoms with Crippen molar-refractivity contribution in [2.75, 3.05) is 31.1 Å². The van der Waals surface area contributed by atoms with Crippen molar-refractivity contribution in [3.8, 4) is 0 Å². The molecule has 2 amide bonds. The second-order valence-electron chi connectivity index (χ2n) is 6.91. The van der Waals surface area contributed by atoms with Gasteiger partial charge in [-0.1, -0.05) is 19.1 Å². The Morgan fingerprint density at radius 2 is 2.04 bits per heavy atom. The van der Waals surface area contributed by atoms with E-state index in [0.717, 1.165) is 35.0 Å². The van der Waals surface area contributed by atoms with Crippen molar-refractivity contribution < 1.29 is 14.5 Å². The molecular weight excluding hydrogens is 334 g/mol. The molecule has 2 rings (SSSR count). The van der Waals surface area contributed by atoms with Gasteiger partial charge in [0.05, 0.1) is 12.2 Å². The van der Waals surface area contributed by atoms with Gasteiger partial charge in [-0.05, 0) is 39.3 Å². The van der Waals surface area contributed by atoms with Crippen LogP contribution in [0.5, 0.6) is 0 Å². The number of amides is 2. The van der Waals surface area contributed by atoms with Gasteiger partial charge in [0.25, 0.3) is 11.8 Å². The molecule has 5 nitrogen and oxygen atoms in total. The van der Waals surface area contributed by atoms with Crippen LogP contribution in [0.2, 0.25) is 0 Å². The van der Waals surface area contributed by atoms with E-state index in [9.17, 15) is 9.59 Å². The number of carbonyl (C=O) groups is 2. The SMILES string of the molecule is CC[NH+](CC(=O)NC(C)C)CC(=O)N1CC[C@H](C)Sc2ccccc21. The highest BCUT2D eigenvalue weighted by Crippen LogP contribution is 2.37. The zero-order chi connectivity index (χ0) is 18.4. The van der Waals surface area contributed by atoms with Gasteiger partial charge >= 0.3 is 0 Å². The van der Waals surface area contributed by atoms with Gasteiger partial charge in [0, 0.05) is 22.7 Å². The van der Waals surface area contributed by atoms with Gasteiger partial charge in [-0.3, -0.25) is 9.59 Å². The number of quaternary nitrogens is 1. The standard InChI is InChI=1S/C19H29N3O2S/c1-5-21(12-18(23)20-14(2)3)13-19(24)22-11-10-15(4)25-17-9-7-6-8-16(17)22/h6-9,14-15H,5,10-13H2,1-4H3,(H,20,23)/p+1/t15-/m0/s1. The summed E-state index contributed by atoms with van der Waals surface area (Å²) >= 11 is 1.83. The molecule has 25 heavy (non-hydrogen) atoms. The molecular formula is C19H30N3O2S+. The molecule has 1 aromatic rings. The third-order valence-electron chi connectivity index (χ3n) is 4.31. The minimum atomic E-state index is 0.0000873. The molecule has 0 saturated carbocycles. The Morgan fingerprint density at radius 3 is 2.72 bits per heavy atom. The summed E-state index contributed by atoms with van der Waals surface area (Å²) < 4.78 is 0. The van der Waals surface area contributed by atoms with Gasteiger partial charge in [0.15, 0.2) is 13.1 Å². The highest BCUT2D eigenvalue weighted by molar-refractivity contribution is 8.00. The number of carbonyl (C=O) groups excluding carboxylic acids is 2. The summed E-state index contributed by atoms with van der Waals surface area (Å²) in [6.45, 7) is 10.3. The number of para-hydroxylation sites is 1. The molecule has 0 aromatic heterocycles. The van der Waals surface area contributed by atoms with Crippen LogP contribution in [-0.4, -0.2) is 49.3 Å². The number of benzene rings is 1. The van der Waals surface area contributed by atoms with E-state index in [0.29, 0.717) is 18.3 Å². The van der Waals surface area contributed by atoms with Gasteiger partial charge in [-0.15, -0.1) is 11.8 Å². The summed E-state index contributed by atoms with van der Waals surface area (Å²) in [6, 6.07) is 8.23. The van der Waals surface area contributed by atoms with Gasteiger partial charge < -0.3 is 15.1 Å². The predicted molar refractivity (Wildman–Crippen MR) is 103 cm³/mol. The van der Waals surface area contributed by atoms with Gasteiger partial charge in [0.1, 0.15) is 0 Å². The fourth-order valence-corrected chi connectivity index (χ4v) is 4.08. The van der Waals surface area contributed by atoms with Gasteiger partial charge in [0.2, 0.25) is 0 Å². The van der Waals surface area contributed by atoms with Crippen molar-refractivity contribution in [3.63, 3.8) is 0 Å². The first-order valence-electron chi connectivity index (χ1n) is 9.09. The smallest absolute Gasteiger partial charge is 0.282 e. The van der Waals surface area contributed by atoms with Crippen LogP contribution in [-0.2, 0) is 9.59 Å². The van der Waals surface area contributed by atoms with E-state index < -0.39 is 0 Å². The maximum Gasteiger partial charge on any atom is 0.282 e. The molecule has 6 heteroatoms. The Kier molecular flexibility index (Phi) is 7.32. The summed E-state index contributed by atoms with van der Waals surface area (Å²) in [6.07, 6.45) is 0.973. The van der Waals surface area contributed by atoms with Crippen LogP contribution in [0.15, 0.2) is 29.2 Å². The predicted octanol–water partition coefficient (Wildman–Crippen LogP) is 1.33. The van der Waals surface area contributed by atoms with Crippen molar-refractivity contribution in [2.24, 2.45) is 0 Å². The second kappa shape index (κ2) is 9.25. The molecule has 0 bridgehead atoms. The number of likely N-dealkylation sites (N-methyl/N-ethyl adjacent to an activating group) is 1. The second-order valence-corrected chi connectivity index (χ2v) is 8.39. The lowest BCUT2D eigenvalue weighted by Gasteiger charge is -2.25. The maximum atomic E-state index is 13.0. The first-order chi connectivity index (χ1) is 11.9. The Bertz CT molecular complexity index is 606. The zero-order valence-electron chi connectivity index (χ0n) is 15.7. The zero-order valence-corrected chi connectivity index (χ0v) is 16.5. The van der Waals surface area contributed by atoms with E-state index in [1.54, 1.807) is 0 Å². The van der Waals surface area contributed by atoms with E-state index >= 15 is 0 Å². The minimum Gasteiger partial charge on any atom is -0.349 e. The van der Waals surface area contributed by atoms with Crippen LogP contribution in [0.3, 0.4) is 0 Å². The third-order valence-corrected chi connectivity index (χ3v) is 5.54. The number of nitrogens with zero attached hydrogens (tertiary/aromatic N) is 1. The average Bonchev–Trinajstić information content (AvgIpc) is 2.71. The molecule has 1 heterocycles. The molecule has 0 spiro atoms. The quantitative estimate of drug-likeness (QED) is 0.801. The Labute approximate surface area is 155 Å². The molecule has 1 aliphatic heterocycles. The molecule has 0 saturated heterocycles. The van der Waals surface area contributed by atoms with E-state index in [-0.39, 0.29) is 17.9 Å². The molecule has 138 valence electrons. The first-order valence-corrected chi connectivity index (χ1v) is 9.97. The molecule has 0 radical (unpaired) electrons. The minimum absolute atomic E-state index is 0.0000873. The average molecular weight is 365 g/mol. The van der Waals surface area contributed by atoms with Crippen LogP contribution in [0.25, 0.3) is 0 Å². The summed E-state index contributed by atoms with van der Waals surface area (Å²) in [5.41, 5.74) is 1.00. The van der Waals surface area contributed by atoms with E-state index in [4.69, 9.17) is 0 Å². The van der Waals surface area contributed by atoms with Crippen LogP contribution in [0, 0.1) is 0 Å². The summed E-state index contributed by atoms with van der Waals surface area (Å²) in [5.74, 6) is 0.0939. The van der Waals surface area contributed by atoms with Gasteiger partial charge in [-0.2, -0.15) is 0 Å². The van der Waals surface area contributed by atoms with E-state index in [1.807, 2.05) is 55.6 Å². The fourth-order valence-electron chi connectivity index (χ4n) is 2.97. The molecule has 1 unspecified atom stereocenters. The Balaban J connectivity index is 2.07. The Hall–Kier alpha value is -1.53. The topological polar surface area (TPSA) is 53.9 Å². The van der Waals surface area contributed by atoms with E-state index in [1.165, 1.54) is 0 Å². The molecule has 0 fully saturated rings. The number of hydrogen-bond acceptors (Lipinski definition) is 3. The van der Waals surface area contributed by atoms with Crippen molar-refractivity contribution in [3.05, 3.63) is 24.3 Å². The number of anilines is 1. The monoisotopic (exact) mass is 364 g/mol. The maximum absolute atomic E-state index is 13.0. The largest absolute Gasteiger partial charge is 0.349 e. The molecule has 1 aliphatic rings. The molecule has 0 aliphatic carbocycles. The van der Waals surface area contributed by atoms with Crippen LogP contribution >= 0.6 is 11.8 Å². The lowest BCUT2D eigenvalue weighted by atomic mass is 10.2. The molecule has 1 aromatic carbocycles. The number of nitrogens with one attached hydrogen (secondary N) is 2. The van der Waals surface area contributed by atoms with Crippen molar-refractivity contribution >= 4 is 29.3 Å². The van der Waals surface area contributed by atoms with Crippen molar-refractivity contribution in [2.45, 2.75) is 50.3 Å². The number of hydrogen-bond donors (Lipinski definition) is 2. The van der Waals surface area contributed by atoms with Crippen LogP contribution < -0.4 is 15.1 Å². The molecule has 2 atom stereocenters. The lowest BCUT2D eigenvalue weighted by Crippen LogP contribution is -3.14. The number of thioether (sulfide) groups is 1. The van der Waals surface area contributed by atoms with E-state index in [2.05, 4.69) is 18.3 Å². The normalized spacial score (nSPS) is 18.4. The lowest BCUT2D eigenvalue weighted by molar-refractivity contribution is -0.881. The highest BCUT2D eigenvalue weighted by atomic mass is 32.2. The Morgan fingerprint density at radius 1 is 1.32 bits per heavy atom. The van der Waals surface area contributed by atoms with Crippen LogP contribution in [0.4, 0.5) is 5.69 Å². The summed E-state index contributed by atoms with van der Waals surface area (Å²) in [4.78, 5) is 29.0. The third kappa shape index (κ3) is 5.75. The van der Waals surface area contributed by atoms with Gasteiger partial charge in [-0.25, -0.2) is 0 Å². The summed E-state index contributed by atoms with van der Waals surface area (Å²) in [5, 5.41) is 3.39. The summed E-state index contributed by atoms with van der Waals surface area (Å²) in [7, 11) is 0. The number of fused-ring (bicyclic) bond motifs is 1. The van der Waals surface area contributed by atoms with Crippen LogP contribution in [0.1, 0.15) is 34.1 Å². The highest BCUT2D eigenvalue weighted by Gasteiger charge is 2.27.